The molecule has 23 heavy (non-hydrogen) atoms. The van der Waals surface area contributed by atoms with Crippen molar-refractivity contribution in [3.05, 3.63) is 0 Å². The number of rotatable bonds is 9. The lowest BCUT2D eigenvalue weighted by Crippen LogP contribution is -2.52. The number of aliphatic hydroxyl groups excluding tert-OH is 9. The van der Waals surface area contributed by atoms with Crippen LogP contribution < -0.4 is 0 Å². The minimum atomic E-state index is -2.13. The summed E-state index contributed by atoms with van der Waals surface area (Å²) in [5.74, 6) is -2.13. The van der Waals surface area contributed by atoms with E-state index in [2.05, 4.69) is 0 Å². The van der Waals surface area contributed by atoms with Crippen molar-refractivity contribution >= 4 is 0 Å². The minimum absolute atomic E-state index is 0.657. The summed E-state index contributed by atoms with van der Waals surface area (Å²) < 4.78 is 10.1. The first-order valence-electron chi connectivity index (χ1n) is 6.96. The third-order valence-electron chi connectivity index (χ3n) is 3.73. The molecule has 0 unspecified atom stereocenters. The van der Waals surface area contributed by atoms with Crippen LogP contribution in [0.5, 0.6) is 0 Å². The van der Waals surface area contributed by atoms with Gasteiger partial charge >= 0.3 is 0 Å². The van der Waals surface area contributed by atoms with Crippen molar-refractivity contribution in [3.63, 3.8) is 0 Å². The molecule has 1 rings (SSSR count). The first-order chi connectivity index (χ1) is 10.7. The highest BCUT2D eigenvalue weighted by Gasteiger charge is 2.55. The molecule has 8 atom stereocenters. The molecule has 1 heterocycles. The normalized spacial score (nSPS) is 36.7. The fourth-order valence-electron chi connectivity index (χ4n) is 2.19. The molecule has 9 N–H and O–H groups in total. The van der Waals surface area contributed by atoms with Crippen LogP contribution in [-0.4, -0.2) is 121 Å². The summed E-state index contributed by atoms with van der Waals surface area (Å²) in [5.41, 5.74) is 0. The summed E-state index contributed by atoms with van der Waals surface area (Å²) in [6.07, 6.45) is -11.7. The number of aliphatic hydroxyl groups is 9. The predicted octanol–water partition coefficient (Wildman–Crippen LogP) is -5.76. The van der Waals surface area contributed by atoms with Crippen LogP contribution >= 0.6 is 0 Å². The minimum Gasteiger partial charge on any atom is -0.394 e. The summed E-state index contributed by atoms with van der Waals surface area (Å²) in [5, 5.41) is 84.5. The smallest absolute Gasteiger partial charge is 0.221 e. The third-order valence-corrected chi connectivity index (χ3v) is 3.73. The van der Waals surface area contributed by atoms with Crippen LogP contribution in [-0.2, 0) is 9.47 Å². The van der Waals surface area contributed by atoms with Gasteiger partial charge < -0.3 is 55.4 Å². The maximum atomic E-state index is 9.86. The largest absolute Gasteiger partial charge is 0.394 e. The predicted molar refractivity (Wildman–Crippen MR) is 70.9 cm³/mol. The van der Waals surface area contributed by atoms with E-state index in [1.807, 2.05) is 0 Å². The zero-order valence-electron chi connectivity index (χ0n) is 12.2. The van der Waals surface area contributed by atoms with Crippen molar-refractivity contribution in [3.8, 4) is 0 Å². The molecule has 1 aliphatic heterocycles. The van der Waals surface area contributed by atoms with E-state index in [0.29, 0.717) is 0 Å². The standard InChI is InChI=1S/C12H24O11/c13-1-5(16)8(18)9(19)6(17)3-22-12(4-15)11(21)10(20)7(2-14)23-12/h5-11,13-21H,1-4H2/t5-,6-,7-,8-,9-,10-,11+,12-/m1/s1. The van der Waals surface area contributed by atoms with Crippen molar-refractivity contribution in [2.24, 2.45) is 0 Å². The lowest BCUT2D eigenvalue weighted by atomic mass is 10.0. The summed E-state index contributed by atoms with van der Waals surface area (Å²) >= 11 is 0. The zero-order valence-corrected chi connectivity index (χ0v) is 12.2. The topological polar surface area (TPSA) is 201 Å². The van der Waals surface area contributed by atoms with Crippen molar-refractivity contribution in [1.82, 2.24) is 0 Å². The molecule has 1 saturated heterocycles. The summed E-state index contributed by atoms with van der Waals surface area (Å²) in [6.45, 7) is -3.18. The third kappa shape index (κ3) is 4.35. The van der Waals surface area contributed by atoms with E-state index < -0.39 is 74.9 Å². The first kappa shape index (κ1) is 20.6. The molecule has 0 radical (unpaired) electrons. The highest BCUT2D eigenvalue weighted by atomic mass is 16.7. The van der Waals surface area contributed by atoms with E-state index in [0.717, 1.165) is 0 Å². The van der Waals surface area contributed by atoms with Crippen LogP contribution in [0.1, 0.15) is 0 Å². The molecule has 1 aliphatic rings. The van der Waals surface area contributed by atoms with Gasteiger partial charge in [0.05, 0.1) is 19.8 Å². The highest BCUT2D eigenvalue weighted by Crippen LogP contribution is 2.32. The van der Waals surface area contributed by atoms with E-state index in [1.165, 1.54) is 0 Å². The van der Waals surface area contributed by atoms with Crippen molar-refractivity contribution in [2.75, 3.05) is 26.4 Å². The molecule has 0 spiro atoms. The number of hydrogen-bond donors (Lipinski definition) is 9. The number of ether oxygens (including phenoxy) is 2. The van der Waals surface area contributed by atoms with Crippen LogP contribution in [0.2, 0.25) is 0 Å². The van der Waals surface area contributed by atoms with Gasteiger partial charge in [0.15, 0.2) is 0 Å². The maximum absolute atomic E-state index is 9.86. The van der Waals surface area contributed by atoms with Crippen LogP contribution in [0.25, 0.3) is 0 Å². The molecule has 11 nitrogen and oxygen atoms in total. The highest BCUT2D eigenvalue weighted by molar-refractivity contribution is 4.96. The lowest BCUT2D eigenvalue weighted by Gasteiger charge is -2.32. The van der Waals surface area contributed by atoms with E-state index >= 15 is 0 Å². The van der Waals surface area contributed by atoms with Gasteiger partial charge in [0.2, 0.25) is 5.79 Å². The molecule has 0 aromatic carbocycles. The fourth-order valence-corrected chi connectivity index (χ4v) is 2.19. The van der Waals surface area contributed by atoms with Crippen LogP contribution in [0.4, 0.5) is 0 Å². The Labute approximate surface area is 131 Å². The summed E-state index contributed by atoms with van der Waals surface area (Å²) in [7, 11) is 0. The average Bonchev–Trinajstić information content (AvgIpc) is 2.82. The second kappa shape index (κ2) is 8.60. The Hall–Kier alpha value is -0.440. The second-order valence-electron chi connectivity index (χ2n) is 5.35. The van der Waals surface area contributed by atoms with Gasteiger partial charge in [-0.1, -0.05) is 0 Å². The van der Waals surface area contributed by atoms with Crippen molar-refractivity contribution in [1.29, 1.82) is 0 Å². The summed E-state index contributed by atoms with van der Waals surface area (Å²) in [6, 6.07) is 0. The Morgan fingerprint density at radius 1 is 0.957 bits per heavy atom. The molecule has 0 saturated carbocycles. The zero-order chi connectivity index (χ0) is 17.8. The van der Waals surface area contributed by atoms with Gasteiger partial charge in [-0.3, -0.25) is 0 Å². The fraction of sp³-hybridized carbons (Fsp3) is 1.00. The van der Waals surface area contributed by atoms with E-state index in [9.17, 15) is 35.7 Å². The van der Waals surface area contributed by atoms with E-state index in [1.54, 1.807) is 0 Å². The van der Waals surface area contributed by atoms with Gasteiger partial charge in [0, 0.05) is 0 Å². The molecule has 1 fully saturated rings. The van der Waals surface area contributed by atoms with Gasteiger partial charge in [0.25, 0.3) is 0 Å². The Morgan fingerprint density at radius 2 is 1.52 bits per heavy atom. The molecular formula is C12H24O11. The van der Waals surface area contributed by atoms with Crippen LogP contribution in [0, 0.1) is 0 Å². The molecule has 11 heteroatoms. The van der Waals surface area contributed by atoms with Gasteiger partial charge in [-0.05, 0) is 0 Å². The number of hydrogen-bond acceptors (Lipinski definition) is 11. The maximum Gasteiger partial charge on any atom is 0.221 e. The molecule has 138 valence electrons. The van der Waals surface area contributed by atoms with Crippen LogP contribution in [0.3, 0.4) is 0 Å². The molecule has 0 aromatic rings. The van der Waals surface area contributed by atoms with Gasteiger partial charge in [0.1, 0.15) is 49.3 Å². The van der Waals surface area contributed by atoms with Gasteiger partial charge in [-0.2, -0.15) is 0 Å². The average molecular weight is 344 g/mol. The molecule has 0 amide bonds. The van der Waals surface area contributed by atoms with E-state index in [-0.39, 0.29) is 0 Å². The van der Waals surface area contributed by atoms with Gasteiger partial charge in [-0.15, -0.1) is 0 Å². The van der Waals surface area contributed by atoms with Crippen molar-refractivity contribution < 1.29 is 55.4 Å². The quantitative estimate of drug-likeness (QED) is 0.193. The molecule has 0 bridgehead atoms. The molecule has 0 aliphatic carbocycles. The van der Waals surface area contributed by atoms with Crippen molar-refractivity contribution in [2.45, 2.75) is 48.5 Å². The SMILES string of the molecule is OC[C@@H](O)[C@@H](O)[C@H](O)[C@H](O)CO[C@]1(CO)O[C@H](CO)[C@@H](O)[C@@H]1O. The van der Waals surface area contributed by atoms with E-state index in [4.69, 9.17) is 19.7 Å². The van der Waals surface area contributed by atoms with Crippen LogP contribution in [0.15, 0.2) is 0 Å². The summed E-state index contributed by atoms with van der Waals surface area (Å²) in [4.78, 5) is 0. The monoisotopic (exact) mass is 344 g/mol. The Bertz CT molecular complexity index is 356. The first-order valence-corrected chi connectivity index (χ1v) is 6.96. The second-order valence-corrected chi connectivity index (χ2v) is 5.35. The Balaban J connectivity index is 2.67. The molecule has 0 aromatic heterocycles. The van der Waals surface area contributed by atoms with Gasteiger partial charge in [-0.25, -0.2) is 0 Å². The Morgan fingerprint density at radius 3 is 1.96 bits per heavy atom. The lowest BCUT2D eigenvalue weighted by molar-refractivity contribution is -0.287. The Kier molecular flexibility index (Phi) is 7.70. The molecular weight excluding hydrogens is 320 g/mol.